The molecule has 0 aliphatic carbocycles. The van der Waals surface area contributed by atoms with Crippen LogP contribution >= 0.6 is 22.6 Å². The molecule has 14 heavy (non-hydrogen) atoms. The third kappa shape index (κ3) is 1.61. The molecule has 2 aromatic rings. The molecule has 2 aromatic heterocycles. The summed E-state index contributed by atoms with van der Waals surface area (Å²) < 4.78 is 4.69. The molecule has 0 amide bonds. The van der Waals surface area contributed by atoms with E-state index < -0.39 is 0 Å². The predicted octanol–water partition coefficient (Wildman–Crippen LogP) is 0.852. The molecule has 0 radical (unpaired) electrons. The minimum Gasteiger partial charge on any atom is -0.383 e. The number of hydrogen-bond acceptors (Lipinski definition) is 3. The lowest BCUT2D eigenvalue weighted by molar-refractivity contribution is 0.656. The van der Waals surface area contributed by atoms with Crippen LogP contribution in [0.1, 0.15) is 5.69 Å². The van der Waals surface area contributed by atoms with E-state index >= 15 is 0 Å². The van der Waals surface area contributed by atoms with Crippen LogP contribution < -0.4 is 5.73 Å². The Morgan fingerprint density at radius 3 is 2.79 bits per heavy atom. The van der Waals surface area contributed by atoms with Crippen molar-refractivity contribution in [2.45, 2.75) is 6.54 Å². The molecule has 0 unspecified atom stereocenters. The summed E-state index contributed by atoms with van der Waals surface area (Å²) in [7, 11) is 1.95. The fourth-order valence-electron chi connectivity index (χ4n) is 1.19. The average Bonchev–Trinajstić information content (AvgIpc) is 2.68. The van der Waals surface area contributed by atoms with Gasteiger partial charge in [-0.15, -0.1) is 0 Å². The number of nitrogen functional groups attached to an aromatic ring is 1. The van der Waals surface area contributed by atoms with E-state index in [9.17, 15) is 0 Å². The van der Waals surface area contributed by atoms with Crippen LogP contribution in [0.15, 0.2) is 18.7 Å². The first-order chi connectivity index (χ1) is 6.68. The first-order valence-corrected chi connectivity index (χ1v) is 5.18. The van der Waals surface area contributed by atoms with Crippen molar-refractivity contribution in [3.05, 3.63) is 28.0 Å². The molecule has 0 saturated carbocycles. The van der Waals surface area contributed by atoms with Gasteiger partial charge in [-0.05, 0) is 22.6 Å². The molecule has 0 fully saturated rings. The van der Waals surface area contributed by atoms with Crippen LogP contribution in [-0.4, -0.2) is 19.3 Å². The first kappa shape index (κ1) is 9.50. The highest BCUT2D eigenvalue weighted by Crippen LogP contribution is 2.14. The molecule has 0 aliphatic heterocycles. The van der Waals surface area contributed by atoms with Crippen LogP contribution in [0.4, 0.5) is 5.82 Å². The van der Waals surface area contributed by atoms with Gasteiger partial charge >= 0.3 is 0 Å². The summed E-state index contributed by atoms with van der Waals surface area (Å²) in [4.78, 5) is 4.03. The fraction of sp³-hybridized carbons (Fsp3) is 0.250. The minimum absolute atomic E-state index is 0.658. The van der Waals surface area contributed by atoms with Crippen LogP contribution in [0.2, 0.25) is 0 Å². The van der Waals surface area contributed by atoms with Gasteiger partial charge in [0, 0.05) is 7.05 Å². The molecule has 0 aliphatic rings. The van der Waals surface area contributed by atoms with Gasteiger partial charge in [-0.25, -0.2) is 9.67 Å². The molecular formula is C8H10IN5. The molecule has 0 aromatic carbocycles. The van der Waals surface area contributed by atoms with Gasteiger partial charge in [0.05, 0.1) is 34.5 Å². The Morgan fingerprint density at radius 2 is 2.29 bits per heavy atom. The fourth-order valence-corrected chi connectivity index (χ4v) is 1.59. The number of rotatable bonds is 2. The highest BCUT2D eigenvalue weighted by molar-refractivity contribution is 14.1. The molecule has 0 bridgehead atoms. The molecule has 6 heteroatoms. The van der Waals surface area contributed by atoms with E-state index in [4.69, 9.17) is 5.73 Å². The van der Waals surface area contributed by atoms with Gasteiger partial charge in [-0.2, -0.15) is 5.10 Å². The number of imidazole rings is 1. The SMILES string of the molecule is Cn1cncc1Cn1ncc(I)c1N. The van der Waals surface area contributed by atoms with E-state index in [1.54, 1.807) is 17.2 Å². The minimum atomic E-state index is 0.658. The molecule has 2 rings (SSSR count). The third-order valence-electron chi connectivity index (χ3n) is 2.06. The zero-order chi connectivity index (χ0) is 10.1. The molecular weight excluding hydrogens is 293 g/mol. The Morgan fingerprint density at radius 1 is 1.50 bits per heavy atom. The van der Waals surface area contributed by atoms with Crippen molar-refractivity contribution in [3.63, 3.8) is 0 Å². The van der Waals surface area contributed by atoms with Crippen molar-refractivity contribution in [1.29, 1.82) is 0 Å². The molecule has 0 atom stereocenters. The summed E-state index contributed by atoms with van der Waals surface area (Å²) >= 11 is 2.16. The zero-order valence-corrected chi connectivity index (χ0v) is 9.84. The lowest BCUT2D eigenvalue weighted by Crippen LogP contribution is -2.08. The highest BCUT2D eigenvalue weighted by atomic mass is 127. The predicted molar refractivity (Wildman–Crippen MR) is 61.7 cm³/mol. The van der Waals surface area contributed by atoms with Crippen LogP contribution in [0.3, 0.4) is 0 Å². The third-order valence-corrected chi connectivity index (χ3v) is 2.89. The van der Waals surface area contributed by atoms with Crippen molar-refractivity contribution in [2.24, 2.45) is 7.05 Å². The summed E-state index contributed by atoms with van der Waals surface area (Å²) in [5, 5.41) is 4.17. The maximum Gasteiger partial charge on any atom is 0.135 e. The molecule has 0 spiro atoms. The van der Waals surface area contributed by atoms with Gasteiger partial charge in [0.1, 0.15) is 5.82 Å². The number of halogens is 1. The standard InChI is InChI=1S/C8H10IN5/c1-13-5-11-2-6(13)4-14-8(10)7(9)3-12-14/h2-3,5H,4,10H2,1H3. The maximum atomic E-state index is 5.83. The number of nitrogens with two attached hydrogens (primary N) is 1. The van der Waals surface area contributed by atoms with E-state index in [0.717, 1.165) is 9.26 Å². The quantitative estimate of drug-likeness (QED) is 0.837. The summed E-state index contributed by atoms with van der Waals surface area (Å²) in [6, 6.07) is 0. The number of hydrogen-bond donors (Lipinski definition) is 1. The van der Waals surface area contributed by atoms with Crippen LogP contribution in [0.5, 0.6) is 0 Å². The molecule has 2 heterocycles. The van der Waals surface area contributed by atoms with Gasteiger partial charge in [-0.1, -0.05) is 0 Å². The van der Waals surface area contributed by atoms with Crippen molar-refractivity contribution in [2.75, 3.05) is 5.73 Å². The van der Waals surface area contributed by atoms with Crippen molar-refractivity contribution >= 4 is 28.4 Å². The Balaban J connectivity index is 2.27. The van der Waals surface area contributed by atoms with Crippen LogP contribution in [-0.2, 0) is 13.6 Å². The second-order valence-corrected chi connectivity index (χ2v) is 4.19. The highest BCUT2D eigenvalue weighted by Gasteiger charge is 2.06. The molecule has 2 N–H and O–H groups in total. The van der Waals surface area contributed by atoms with E-state index in [1.165, 1.54) is 0 Å². The number of aryl methyl sites for hydroxylation is 1. The van der Waals surface area contributed by atoms with E-state index in [0.29, 0.717) is 12.4 Å². The second-order valence-electron chi connectivity index (χ2n) is 3.03. The average molecular weight is 303 g/mol. The summed E-state index contributed by atoms with van der Waals surface area (Å²) in [5.41, 5.74) is 6.91. The lowest BCUT2D eigenvalue weighted by Gasteiger charge is -2.04. The smallest absolute Gasteiger partial charge is 0.135 e. The number of nitrogens with zero attached hydrogens (tertiary/aromatic N) is 4. The van der Waals surface area contributed by atoms with Crippen LogP contribution in [0.25, 0.3) is 0 Å². The molecule has 74 valence electrons. The van der Waals surface area contributed by atoms with E-state index in [-0.39, 0.29) is 0 Å². The Labute approximate surface area is 95.1 Å². The normalized spacial score (nSPS) is 10.7. The first-order valence-electron chi connectivity index (χ1n) is 4.10. The van der Waals surface area contributed by atoms with Gasteiger partial charge in [0.25, 0.3) is 0 Å². The van der Waals surface area contributed by atoms with Crippen molar-refractivity contribution < 1.29 is 0 Å². The monoisotopic (exact) mass is 303 g/mol. The molecule has 5 nitrogen and oxygen atoms in total. The summed E-state index contributed by atoms with van der Waals surface area (Å²) in [6.07, 6.45) is 5.33. The number of aromatic nitrogens is 4. The van der Waals surface area contributed by atoms with E-state index in [1.807, 2.05) is 17.8 Å². The van der Waals surface area contributed by atoms with Crippen LogP contribution in [0, 0.1) is 3.57 Å². The summed E-state index contributed by atoms with van der Waals surface area (Å²) in [5.74, 6) is 0.701. The Kier molecular flexibility index (Phi) is 2.44. The van der Waals surface area contributed by atoms with Gasteiger partial charge in [-0.3, -0.25) is 0 Å². The van der Waals surface area contributed by atoms with Gasteiger partial charge in [0.2, 0.25) is 0 Å². The van der Waals surface area contributed by atoms with Crippen molar-refractivity contribution in [3.8, 4) is 0 Å². The lowest BCUT2D eigenvalue weighted by atomic mass is 10.4. The van der Waals surface area contributed by atoms with Crippen molar-refractivity contribution in [1.82, 2.24) is 19.3 Å². The summed E-state index contributed by atoms with van der Waals surface area (Å²) in [6.45, 7) is 0.658. The topological polar surface area (TPSA) is 61.7 Å². The van der Waals surface area contributed by atoms with E-state index in [2.05, 4.69) is 32.7 Å². The van der Waals surface area contributed by atoms with Gasteiger partial charge < -0.3 is 10.3 Å². The maximum absolute atomic E-state index is 5.83. The van der Waals surface area contributed by atoms with Gasteiger partial charge in [0.15, 0.2) is 0 Å². The Hall–Kier alpha value is -1.05. The second kappa shape index (κ2) is 3.60. The Bertz CT molecular complexity index is 444. The molecule has 0 saturated heterocycles. The largest absolute Gasteiger partial charge is 0.383 e. The number of anilines is 1. The zero-order valence-electron chi connectivity index (χ0n) is 7.68.